The van der Waals surface area contributed by atoms with E-state index in [-0.39, 0.29) is 0 Å². The number of ether oxygens (including phenoxy) is 1. The van der Waals surface area contributed by atoms with Gasteiger partial charge in [-0.25, -0.2) is 8.42 Å². The Kier molecular flexibility index (Phi) is 6.17. The molecule has 2 heterocycles. The molecule has 136 valence electrons. The van der Waals surface area contributed by atoms with Gasteiger partial charge in [0, 0.05) is 32.7 Å². The maximum atomic E-state index is 12.6. The van der Waals surface area contributed by atoms with Crippen molar-refractivity contribution in [1.82, 2.24) is 9.21 Å². The van der Waals surface area contributed by atoms with E-state index in [0.29, 0.717) is 23.9 Å². The van der Waals surface area contributed by atoms with Gasteiger partial charge in [-0.05, 0) is 52.7 Å². The Hall–Kier alpha value is -0.930. The van der Waals surface area contributed by atoms with Crippen molar-refractivity contribution < 1.29 is 13.2 Å². The third-order valence-electron chi connectivity index (χ3n) is 4.11. The van der Waals surface area contributed by atoms with Crippen LogP contribution in [0.1, 0.15) is 12.5 Å². The minimum absolute atomic E-state index is 0.402. The Morgan fingerprint density at radius 3 is 2.32 bits per heavy atom. The molecular formula is C17H21BrN2O3S2. The molecule has 0 radical (unpaired) electrons. The molecule has 0 amide bonds. The van der Waals surface area contributed by atoms with Crippen LogP contribution in [0.15, 0.2) is 44.4 Å². The summed E-state index contributed by atoms with van der Waals surface area (Å²) in [5.74, 6) is 0.879. The second-order valence-corrected chi connectivity index (χ2v) is 10.4. The van der Waals surface area contributed by atoms with Crippen molar-refractivity contribution in [3.05, 3.63) is 45.7 Å². The van der Waals surface area contributed by atoms with E-state index in [0.717, 1.165) is 29.2 Å². The normalized spacial score (nSPS) is 16.9. The first-order chi connectivity index (χ1) is 12.0. The molecule has 0 atom stereocenters. The maximum Gasteiger partial charge on any atom is 0.252 e. The van der Waals surface area contributed by atoms with Gasteiger partial charge in [0.25, 0.3) is 10.0 Å². The zero-order valence-electron chi connectivity index (χ0n) is 14.0. The Morgan fingerprint density at radius 1 is 1.08 bits per heavy atom. The van der Waals surface area contributed by atoms with E-state index in [2.05, 4.69) is 33.0 Å². The maximum absolute atomic E-state index is 12.6. The smallest absolute Gasteiger partial charge is 0.252 e. The predicted octanol–water partition coefficient (Wildman–Crippen LogP) is 3.42. The van der Waals surface area contributed by atoms with Crippen molar-refractivity contribution in [1.29, 1.82) is 0 Å². The topological polar surface area (TPSA) is 49.9 Å². The fourth-order valence-electron chi connectivity index (χ4n) is 2.81. The lowest BCUT2D eigenvalue weighted by Gasteiger charge is -2.33. The molecule has 0 spiro atoms. The van der Waals surface area contributed by atoms with Crippen LogP contribution in [0.3, 0.4) is 0 Å². The number of nitrogens with zero attached hydrogens (tertiary/aromatic N) is 2. The molecule has 1 aromatic carbocycles. The minimum atomic E-state index is -3.37. The SMILES string of the molecule is CCOc1ccc(CN2CCN(S(=O)(=O)c3ccc(Br)s3)CC2)cc1. The van der Waals surface area contributed by atoms with Crippen LogP contribution >= 0.6 is 27.3 Å². The molecule has 1 aliphatic rings. The first-order valence-electron chi connectivity index (χ1n) is 8.18. The molecule has 0 aliphatic carbocycles. The van der Waals surface area contributed by atoms with Crippen molar-refractivity contribution in [2.75, 3.05) is 32.8 Å². The summed E-state index contributed by atoms with van der Waals surface area (Å²) in [4.78, 5) is 2.28. The van der Waals surface area contributed by atoms with Crippen LogP contribution < -0.4 is 4.74 Å². The highest BCUT2D eigenvalue weighted by molar-refractivity contribution is 9.11. The Labute approximate surface area is 161 Å². The van der Waals surface area contributed by atoms with Gasteiger partial charge >= 0.3 is 0 Å². The number of hydrogen-bond acceptors (Lipinski definition) is 5. The highest BCUT2D eigenvalue weighted by Crippen LogP contribution is 2.29. The van der Waals surface area contributed by atoms with E-state index < -0.39 is 10.0 Å². The lowest BCUT2D eigenvalue weighted by atomic mass is 10.2. The van der Waals surface area contributed by atoms with Crippen molar-refractivity contribution >= 4 is 37.3 Å². The van der Waals surface area contributed by atoms with Crippen molar-refractivity contribution in [2.45, 2.75) is 17.7 Å². The van der Waals surface area contributed by atoms with Crippen LogP contribution in [-0.2, 0) is 16.6 Å². The molecule has 2 aromatic rings. The Morgan fingerprint density at radius 2 is 1.76 bits per heavy atom. The molecule has 25 heavy (non-hydrogen) atoms. The van der Waals surface area contributed by atoms with Crippen molar-refractivity contribution in [3.8, 4) is 5.75 Å². The minimum Gasteiger partial charge on any atom is -0.494 e. The quantitative estimate of drug-likeness (QED) is 0.684. The summed E-state index contributed by atoms with van der Waals surface area (Å²) < 4.78 is 33.6. The second-order valence-electron chi connectivity index (χ2n) is 5.82. The highest BCUT2D eigenvalue weighted by atomic mass is 79.9. The lowest BCUT2D eigenvalue weighted by Crippen LogP contribution is -2.48. The van der Waals surface area contributed by atoms with E-state index in [4.69, 9.17) is 4.74 Å². The molecule has 0 saturated carbocycles. The molecule has 0 N–H and O–H groups in total. The number of hydrogen-bond donors (Lipinski definition) is 0. The number of rotatable bonds is 6. The van der Waals surface area contributed by atoms with Gasteiger partial charge in [0.1, 0.15) is 9.96 Å². The van der Waals surface area contributed by atoms with Crippen molar-refractivity contribution in [2.24, 2.45) is 0 Å². The molecule has 1 fully saturated rings. The van der Waals surface area contributed by atoms with E-state index >= 15 is 0 Å². The first kappa shape index (κ1) is 18.8. The van der Waals surface area contributed by atoms with Crippen LogP contribution in [0.4, 0.5) is 0 Å². The molecule has 1 saturated heterocycles. The van der Waals surface area contributed by atoms with E-state index in [1.54, 1.807) is 16.4 Å². The molecule has 1 aliphatic heterocycles. The van der Waals surface area contributed by atoms with Crippen LogP contribution in [0.2, 0.25) is 0 Å². The molecule has 3 rings (SSSR count). The third-order valence-corrected chi connectivity index (χ3v) is 8.10. The first-order valence-corrected chi connectivity index (χ1v) is 11.2. The summed E-state index contributed by atoms with van der Waals surface area (Å²) in [7, 11) is -3.37. The number of benzene rings is 1. The molecule has 0 bridgehead atoms. The second kappa shape index (κ2) is 8.18. The Bertz CT molecular complexity index is 798. The summed E-state index contributed by atoms with van der Waals surface area (Å²) >= 11 is 4.59. The summed E-state index contributed by atoms with van der Waals surface area (Å²) in [5.41, 5.74) is 1.21. The summed E-state index contributed by atoms with van der Waals surface area (Å²) in [6, 6.07) is 11.5. The summed E-state index contributed by atoms with van der Waals surface area (Å²) in [6.07, 6.45) is 0. The van der Waals surface area contributed by atoms with E-state index in [9.17, 15) is 8.42 Å². The lowest BCUT2D eigenvalue weighted by molar-refractivity contribution is 0.181. The Balaban J connectivity index is 1.56. The molecule has 5 nitrogen and oxygen atoms in total. The highest BCUT2D eigenvalue weighted by Gasteiger charge is 2.29. The monoisotopic (exact) mass is 444 g/mol. The van der Waals surface area contributed by atoms with Crippen LogP contribution in [0.5, 0.6) is 5.75 Å². The predicted molar refractivity (Wildman–Crippen MR) is 104 cm³/mol. The molecule has 8 heteroatoms. The average Bonchev–Trinajstić information content (AvgIpc) is 3.05. The van der Waals surface area contributed by atoms with Crippen LogP contribution in [-0.4, -0.2) is 50.4 Å². The summed E-state index contributed by atoms with van der Waals surface area (Å²) in [6.45, 7) is 5.97. The standard InChI is InChI=1S/C17H21BrN2O3S2/c1-2-23-15-5-3-14(4-6-15)13-19-9-11-20(12-10-19)25(21,22)17-8-7-16(18)24-17/h3-8H,2,9-13H2,1H3. The summed E-state index contributed by atoms with van der Waals surface area (Å²) in [5, 5.41) is 0. The zero-order chi connectivity index (χ0) is 17.9. The van der Waals surface area contributed by atoms with Gasteiger partial charge in [0.2, 0.25) is 0 Å². The van der Waals surface area contributed by atoms with E-state index in [1.807, 2.05) is 19.1 Å². The van der Waals surface area contributed by atoms with Gasteiger partial charge in [0.15, 0.2) is 0 Å². The fourth-order valence-corrected chi connectivity index (χ4v) is 6.39. The number of halogens is 1. The van der Waals surface area contributed by atoms with Crippen LogP contribution in [0, 0.1) is 0 Å². The van der Waals surface area contributed by atoms with E-state index in [1.165, 1.54) is 16.9 Å². The average molecular weight is 445 g/mol. The molecule has 0 unspecified atom stereocenters. The number of piperazine rings is 1. The molecule has 1 aromatic heterocycles. The van der Waals surface area contributed by atoms with Gasteiger partial charge < -0.3 is 4.74 Å². The molecular weight excluding hydrogens is 424 g/mol. The van der Waals surface area contributed by atoms with Gasteiger partial charge in [-0.1, -0.05) is 12.1 Å². The third kappa shape index (κ3) is 4.62. The van der Waals surface area contributed by atoms with Gasteiger partial charge in [-0.3, -0.25) is 4.90 Å². The van der Waals surface area contributed by atoms with Crippen LogP contribution in [0.25, 0.3) is 0 Å². The number of sulfonamides is 1. The van der Waals surface area contributed by atoms with Gasteiger partial charge in [-0.2, -0.15) is 4.31 Å². The van der Waals surface area contributed by atoms with Crippen molar-refractivity contribution in [3.63, 3.8) is 0 Å². The van der Waals surface area contributed by atoms with Gasteiger partial charge in [-0.15, -0.1) is 11.3 Å². The largest absolute Gasteiger partial charge is 0.494 e. The number of thiophene rings is 1. The zero-order valence-corrected chi connectivity index (χ0v) is 17.2. The fraction of sp³-hybridized carbons (Fsp3) is 0.412. The van der Waals surface area contributed by atoms with Gasteiger partial charge in [0.05, 0.1) is 10.4 Å².